The first-order valence-electron chi connectivity index (χ1n) is 8.41. The summed E-state index contributed by atoms with van der Waals surface area (Å²) in [7, 11) is 0. The number of rotatable bonds is 4. The molecule has 138 valence electrons. The van der Waals surface area contributed by atoms with Gasteiger partial charge in [-0.3, -0.25) is 0 Å². The van der Waals surface area contributed by atoms with E-state index in [1.54, 1.807) is 0 Å². The highest BCUT2D eigenvalue weighted by molar-refractivity contribution is 5.75. The first kappa shape index (κ1) is 17.0. The highest BCUT2D eigenvalue weighted by Gasteiger charge is 2.32. The van der Waals surface area contributed by atoms with Crippen molar-refractivity contribution < 1.29 is 17.9 Å². The summed E-state index contributed by atoms with van der Waals surface area (Å²) in [6.45, 7) is 1.75. The van der Waals surface area contributed by atoms with Crippen molar-refractivity contribution in [1.82, 2.24) is 24.7 Å². The summed E-state index contributed by atoms with van der Waals surface area (Å²) in [6.07, 6.45) is -3.35. The lowest BCUT2D eigenvalue weighted by molar-refractivity contribution is -0.143. The van der Waals surface area contributed by atoms with E-state index in [1.165, 1.54) is 0 Å². The third-order valence-corrected chi connectivity index (χ3v) is 4.42. The standard InChI is InChI=1S/C17H18F3N5O/c1-10-21-13-3-2-11(6-14(13)22-10)7-15-23-16(12-4-5-26-8-12)24-25(15)9-17(18,19)20/h2-3,6,12H,4-5,7-9H2,1H3,(H,21,22). The summed E-state index contributed by atoms with van der Waals surface area (Å²) in [4.78, 5) is 11.9. The molecule has 1 saturated heterocycles. The maximum Gasteiger partial charge on any atom is 0.408 e. The lowest BCUT2D eigenvalue weighted by Gasteiger charge is -2.09. The van der Waals surface area contributed by atoms with Crippen LogP contribution in [0.2, 0.25) is 0 Å². The molecule has 1 aliphatic rings. The Morgan fingerprint density at radius 2 is 2.15 bits per heavy atom. The van der Waals surface area contributed by atoms with Gasteiger partial charge >= 0.3 is 6.18 Å². The predicted octanol–water partition coefficient (Wildman–Crippen LogP) is 3.12. The number of aryl methyl sites for hydroxylation is 1. The molecule has 6 nitrogen and oxygen atoms in total. The monoisotopic (exact) mass is 365 g/mol. The Morgan fingerprint density at radius 3 is 2.88 bits per heavy atom. The van der Waals surface area contributed by atoms with E-state index < -0.39 is 12.7 Å². The van der Waals surface area contributed by atoms with E-state index in [0.29, 0.717) is 24.9 Å². The molecule has 1 atom stereocenters. The van der Waals surface area contributed by atoms with Crippen LogP contribution in [0.5, 0.6) is 0 Å². The molecule has 1 aliphatic heterocycles. The summed E-state index contributed by atoms with van der Waals surface area (Å²) in [5.41, 5.74) is 2.53. The second kappa shape index (κ2) is 6.39. The van der Waals surface area contributed by atoms with Crippen LogP contribution >= 0.6 is 0 Å². The molecule has 1 aromatic carbocycles. The molecule has 1 unspecified atom stereocenters. The molecule has 1 N–H and O–H groups in total. The summed E-state index contributed by atoms with van der Waals surface area (Å²) in [6, 6.07) is 5.60. The fourth-order valence-corrected chi connectivity index (χ4v) is 3.21. The number of aromatic amines is 1. The SMILES string of the molecule is Cc1nc2ccc(Cc3nc(C4CCOC4)nn3CC(F)(F)F)cc2[nH]1. The minimum Gasteiger partial charge on any atom is -0.381 e. The van der Waals surface area contributed by atoms with Crippen molar-refractivity contribution in [2.75, 3.05) is 13.2 Å². The number of H-pyrrole nitrogens is 1. The van der Waals surface area contributed by atoms with Crippen LogP contribution in [0, 0.1) is 6.92 Å². The van der Waals surface area contributed by atoms with Gasteiger partial charge in [0.05, 0.1) is 17.6 Å². The topological polar surface area (TPSA) is 68.6 Å². The van der Waals surface area contributed by atoms with E-state index in [9.17, 15) is 13.2 Å². The van der Waals surface area contributed by atoms with E-state index in [1.807, 2.05) is 25.1 Å². The van der Waals surface area contributed by atoms with Gasteiger partial charge in [0.25, 0.3) is 0 Å². The van der Waals surface area contributed by atoms with Gasteiger partial charge in [0.15, 0.2) is 5.82 Å². The number of halogens is 3. The van der Waals surface area contributed by atoms with E-state index in [4.69, 9.17) is 4.74 Å². The van der Waals surface area contributed by atoms with Gasteiger partial charge in [-0.25, -0.2) is 14.6 Å². The number of hydrogen-bond donors (Lipinski definition) is 1. The fourth-order valence-electron chi connectivity index (χ4n) is 3.21. The van der Waals surface area contributed by atoms with Crippen LogP contribution in [0.25, 0.3) is 11.0 Å². The number of hydrogen-bond acceptors (Lipinski definition) is 4. The molecule has 4 rings (SSSR count). The van der Waals surface area contributed by atoms with Crippen molar-refractivity contribution in [1.29, 1.82) is 0 Å². The molecule has 0 amide bonds. The first-order chi connectivity index (χ1) is 12.4. The number of imidazole rings is 1. The molecule has 26 heavy (non-hydrogen) atoms. The van der Waals surface area contributed by atoms with Crippen LogP contribution in [0.3, 0.4) is 0 Å². The van der Waals surface area contributed by atoms with Crippen LogP contribution in [-0.2, 0) is 17.7 Å². The van der Waals surface area contributed by atoms with Gasteiger partial charge < -0.3 is 9.72 Å². The quantitative estimate of drug-likeness (QED) is 0.771. The summed E-state index contributed by atoms with van der Waals surface area (Å²) in [5, 5.41) is 4.13. The van der Waals surface area contributed by atoms with E-state index in [-0.39, 0.29) is 12.3 Å². The van der Waals surface area contributed by atoms with Gasteiger partial charge in [-0.15, -0.1) is 0 Å². The fraction of sp³-hybridized carbons (Fsp3) is 0.471. The molecular formula is C17H18F3N5O. The highest BCUT2D eigenvalue weighted by Crippen LogP contribution is 2.25. The minimum absolute atomic E-state index is 0.0408. The highest BCUT2D eigenvalue weighted by atomic mass is 19.4. The summed E-state index contributed by atoms with van der Waals surface area (Å²) >= 11 is 0. The Hall–Kier alpha value is -2.42. The Kier molecular flexibility index (Phi) is 4.18. The number of nitrogens with zero attached hydrogens (tertiary/aromatic N) is 4. The molecule has 3 heterocycles. The third kappa shape index (κ3) is 3.57. The Balaban J connectivity index is 1.65. The Labute approximate surface area is 147 Å². The lowest BCUT2D eigenvalue weighted by atomic mass is 10.1. The van der Waals surface area contributed by atoms with Crippen LogP contribution in [0.4, 0.5) is 13.2 Å². The van der Waals surface area contributed by atoms with Gasteiger partial charge in [-0.2, -0.15) is 18.3 Å². The maximum absolute atomic E-state index is 12.9. The number of aromatic nitrogens is 5. The molecule has 9 heteroatoms. The van der Waals surface area contributed by atoms with Gasteiger partial charge in [0.2, 0.25) is 0 Å². The largest absolute Gasteiger partial charge is 0.408 e. The Morgan fingerprint density at radius 1 is 1.31 bits per heavy atom. The smallest absolute Gasteiger partial charge is 0.381 e. The second-order valence-corrected chi connectivity index (χ2v) is 6.57. The van der Waals surface area contributed by atoms with Gasteiger partial charge in [0, 0.05) is 18.9 Å². The predicted molar refractivity (Wildman–Crippen MR) is 87.9 cm³/mol. The van der Waals surface area contributed by atoms with Crippen molar-refractivity contribution in [3.63, 3.8) is 0 Å². The molecule has 0 spiro atoms. The summed E-state index contributed by atoms with van der Waals surface area (Å²) < 4.78 is 45.1. The van der Waals surface area contributed by atoms with Crippen LogP contribution in [0.15, 0.2) is 18.2 Å². The average Bonchev–Trinajstić information content (AvgIpc) is 3.25. The number of fused-ring (bicyclic) bond motifs is 1. The molecule has 3 aromatic rings. The molecule has 2 aromatic heterocycles. The zero-order valence-electron chi connectivity index (χ0n) is 14.2. The molecular weight excluding hydrogens is 347 g/mol. The molecule has 1 fully saturated rings. The van der Waals surface area contributed by atoms with Gasteiger partial charge in [-0.1, -0.05) is 6.07 Å². The van der Waals surface area contributed by atoms with Gasteiger partial charge in [-0.05, 0) is 31.0 Å². The zero-order chi connectivity index (χ0) is 18.3. The van der Waals surface area contributed by atoms with Crippen molar-refractivity contribution in [3.05, 3.63) is 41.2 Å². The van der Waals surface area contributed by atoms with Crippen LogP contribution in [-0.4, -0.2) is 44.1 Å². The normalized spacial score (nSPS) is 18.1. The zero-order valence-corrected chi connectivity index (χ0v) is 14.2. The Bertz CT molecular complexity index is 924. The molecule has 0 saturated carbocycles. The van der Waals surface area contributed by atoms with Gasteiger partial charge in [0.1, 0.15) is 18.2 Å². The van der Waals surface area contributed by atoms with Crippen LogP contribution < -0.4 is 0 Å². The molecule has 0 aliphatic carbocycles. The number of ether oxygens (including phenoxy) is 1. The number of alkyl halides is 3. The maximum atomic E-state index is 12.9. The summed E-state index contributed by atoms with van der Waals surface area (Å²) in [5.74, 6) is 1.49. The van der Waals surface area contributed by atoms with E-state index >= 15 is 0 Å². The van der Waals surface area contributed by atoms with Crippen molar-refractivity contribution in [3.8, 4) is 0 Å². The molecule has 0 radical (unpaired) electrons. The van der Waals surface area contributed by atoms with E-state index in [2.05, 4.69) is 20.1 Å². The lowest BCUT2D eigenvalue weighted by Crippen LogP contribution is -2.21. The van der Waals surface area contributed by atoms with Crippen molar-refractivity contribution >= 4 is 11.0 Å². The number of benzene rings is 1. The first-order valence-corrected chi connectivity index (χ1v) is 8.41. The number of nitrogens with one attached hydrogen (secondary N) is 1. The van der Waals surface area contributed by atoms with E-state index in [0.717, 1.165) is 33.5 Å². The van der Waals surface area contributed by atoms with Crippen LogP contribution in [0.1, 0.15) is 35.4 Å². The van der Waals surface area contributed by atoms with Crippen molar-refractivity contribution in [2.45, 2.75) is 38.4 Å². The third-order valence-electron chi connectivity index (χ3n) is 4.42. The molecule has 0 bridgehead atoms. The average molecular weight is 365 g/mol. The minimum atomic E-state index is -4.35. The van der Waals surface area contributed by atoms with Crippen molar-refractivity contribution in [2.24, 2.45) is 0 Å². The second-order valence-electron chi connectivity index (χ2n) is 6.57.